The first-order valence-corrected chi connectivity index (χ1v) is 10.2. The van der Waals surface area contributed by atoms with Crippen molar-refractivity contribution in [3.63, 3.8) is 0 Å². The summed E-state index contributed by atoms with van der Waals surface area (Å²) in [5.74, 6) is 2.15. The molecule has 0 aromatic rings. The standard InChI is InChI=1S/C17H33N3O2S.HI/c1-3-18-17(20-14-7-8-16(12-14)23-4-2)19-9-11-21-13-15-6-5-10-22-15;/h14-16H,3-13H2,1-2H3,(H2,18,19,20);1H. The molecule has 1 aliphatic carbocycles. The van der Waals surface area contributed by atoms with Gasteiger partial charge < -0.3 is 20.1 Å². The van der Waals surface area contributed by atoms with Crippen molar-refractivity contribution in [2.45, 2.75) is 63.3 Å². The quantitative estimate of drug-likeness (QED) is 0.234. The van der Waals surface area contributed by atoms with E-state index in [4.69, 9.17) is 9.47 Å². The molecule has 0 bridgehead atoms. The molecule has 2 rings (SSSR count). The lowest BCUT2D eigenvalue weighted by Crippen LogP contribution is -2.42. The fourth-order valence-corrected chi connectivity index (χ4v) is 4.33. The van der Waals surface area contributed by atoms with E-state index in [1.54, 1.807) is 0 Å². The number of nitrogens with zero attached hydrogens (tertiary/aromatic N) is 1. The van der Waals surface area contributed by atoms with E-state index in [0.29, 0.717) is 31.9 Å². The largest absolute Gasteiger partial charge is 0.377 e. The van der Waals surface area contributed by atoms with Crippen molar-refractivity contribution in [1.29, 1.82) is 0 Å². The van der Waals surface area contributed by atoms with E-state index in [1.165, 1.54) is 31.4 Å². The Labute approximate surface area is 168 Å². The lowest BCUT2D eigenvalue weighted by molar-refractivity contribution is 0.0200. The molecular weight excluding hydrogens is 437 g/mol. The molecule has 3 unspecified atom stereocenters. The predicted molar refractivity (Wildman–Crippen MR) is 114 cm³/mol. The van der Waals surface area contributed by atoms with Crippen LogP contribution in [0.4, 0.5) is 0 Å². The zero-order valence-electron chi connectivity index (χ0n) is 15.1. The van der Waals surface area contributed by atoms with Crippen LogP contribution in [0.1, 0.15) is 46.0 Å². The average Bonchev–Trinajstić information content (AvgIpc) is 3.19. The highest BCUT2D eigenvalue weighted by Crippen LogP contribution is 2.29. The van der Waals surface area contributed by atoms with Gasteiger partial charge in [0.25, 0.3) is 0 Å². The van der Waals surface area contributed by atoms with Gasteiger partial charge in [-0.05, 0) is 44.8 Å². The smallest absolute Gasteiger partial charge is 0.191 e. The van der Waals surface area contributed by atoms with Gasteiger partial charge >= 0.3 is 0 Å². The highest BCUT2D eigenvalue weighted by molar-refractivity contribution is 14.0. The second-order valence-electron chi connectivity index (χ2n) is 6.20. The number of halogens is 1. The Morgan fingerprint density at radius 3 is 2.88 bits per heavy atom. The van der Waals surface area contributed by atoms with Crippen molar-refractivity contribution in [3.05, 3.63) is 0 Å². The topological polar surface area (TPSA) is 54.9 Å². The molecule has 24 heavy (non-hydrogen) atoms. The van der Waals surface area contributed by atoms with Crippen molar-refractivity contribution in [2.24, 2.45) is 4.99 Å². The number of rotatable bonds is 9. The van der Waals surface area contributed by atoms with Crippen molar-refractivity contribution >= 4 is 41.7 Å². The molecule has 7 heteroatoms. The van der Waals surface area contributed by atoms with E-state index in [2.05, 4.69) is 41.2 Å². The maximum Gasteiger partial charge on any atom is 0.191 e. The van der Waals surface area contributed by atoms with E-state index in [9.17, 15) is 0 Å². The van der Waals surface area contributed by atoms with Crippen LogP contribution in [0.3, 0.4) is 0 Å². The third kappa shape index (κ3) is 8.58. The predicted octanol–water partition coefficient (Wildman–Crippen LogP) is 3.03. The molecule has 0 radical (unpaired) electrons. The summed E-state index contributed by atoms with van der Waals surface area (Å²) in [6.45, 7) is 8.19. The third-order valence-electron chi connectivity index (χ3n) is 4.31. The molecule has 1 saturated carbocycles. The molecule has 0 aromatic carbocycles. The highest BCUT2D eigenvalue weighted by Gasteiger charge is 2.25. The van der Waals surface area contributed by atoms with Gasteiger partial charge in [0.15, 0.2) is 5.96 Å². The van der Waals surface area contributed by atoms with Crippen LogP contribution in [0.15, 0.2) is 4.99 Å². The average molecular weight is 471 g/mol. The molecule has 2 aliphatic rings. The minimum Gasteiger partial charge on any atom is -0.377 e. The van der Waals surface area contributed by atoms with Crippen molar-refractivity contribution in [2.75, 3.05) is 38.7 Å². The summed E-state index contributed by atoms with van der Waals surface area (Å²) < 4.78 is 11.2. The Kier molecular flexibility index (Phi) is 12.5. The first kappa shape index (κ1) is 22.3. The third-order valence-corrected chi connectivity index (χ3v) is 5.54. The van der Waals surface area contributed by atoms with Crippen LogP contribution in [0, 0.1) is 0 Å². The second kappa shape index (κ2) is 13.5. The minimum absolute atomic E-state index is 0. The number of aliphatic imine (C=N–C) groups is 1. The van der Waals surface area contributed by atoms with Crippen LogP contribution in [-0.2, 0) is 9.47 Å². The van der Waals surface area contributed by atoms with Gasteiger partial charge in [0, 0.05) is 24.4 Å². The number of nitrogens with one attached hydrogen (secondary N) is 2. The zero-order chi connectivity index (χ0) is 16.3. The van der Waals surface area contributed by atoms with Gasteiger partial charge in [0.05, 0.1) is 25.9 Å². The molecular formula is C17H34IN3O2S. The molecule has 5 nitrogen and oxygen atoms in total. The fourth-order valence-electron chi connectivity index (χ4n) is 3.18. The molecule has 0 amide bonds. The van der Waals surface area contributed by atoms with Gasteiger partial charge in [-0.2, -0.15) is 11.8 Å². The van der Waals surface area contributed by atoms with E-state index >= 15 is 0 Å². The van der Waals surface area contributed by atoms with Crippen LogP contribution in [0.5, 0.6) is 0 Å². The number of guanidine groups is 1. The lowest BCUT2D eigenvalue weighted by atomic mass is 10.2. The Bertz CT molecular complexity index is 355. The summed E-state index contributed by atoms with van der Waals surface area (Å²) >= 11 is 2.09. The molecule has 2 fully saturated rings. The summed E-state index contributed by atoms with van der Waals surface area (Å²) in [5, 5.41) is 7.74. The molecule has 142 valence electrons. The first-order valence-electron chi connectivity index (χ1n) is 9.17. The van der Waals surface area contributed by atoms with Crippen LogP contribution >= 0.6 is 35.7 Å². The SMILES string of the molecule is CCNC(=NCCOCC1CCCO1)NC1CCC(SCC)C1.I. The maximum atomic E-state index is 5.67. The normalized spacial score (nSPS) is 27.1. The number of ether oxygens (including phenoxy) is 2. The van der Waals surface area contributed by atoms with E-state index in [-0.39, 0.29) is 24.0 Å². The highest BCUT2D eigenvalue weighted by atomic mass is 127. The Hall–Kier alpha value is 0.270. The van der Waals surface area contributed by atoms with Crippen LogP contribution in [0.25, 0.3) is 0 Å². The summed E-state index contributed by atoms with van der Waals surface area (Å²) in [4.78, 5) is 4.63. The van der Waals surface area contributed by atoms with Gasteiger partial charge in [-0.25, -0.2) is 0 Å². The maximum absolute atomic E-state index is 5.67. The summed E-state index contributed by atoms with van der Waals surface area (Å²) in [5.41, 5.74) is 0. The van der Waals surface area contributed by atoms with Crippen molar-refractivity contribution < 1.29 is 9.47 Å². The Morgan fingerprint density at radius 1 is 1.29 bits per heavy atom. The Morgan fingerprint density at radius 2 is 2.17 bits per heavy atom. The van der Waals surface area contributed by atoms with Gasteiger partial charge in [-0.3, -0.25) is 4.99 Å². The van der Waals surface area contributed by atoms with Gasteiger partial charge in [-0.1, -0.05) is 6.92 Å². The summed E-state index contributed by atoms with van der Waals surface area (Å²) in [6.07, 6.45) is 6.42. The molecule has 1 aliphatic heterocycles. The van der Waals surface area contributed by atoms with Gasteiger partial charge in [0.2, 0.25) is 0 Å². The molecule has 1 saturated heterocycles. The van der Waals surface area contributed by atoms with E-state index in [1.807, 2.05) is 0 Å². The molecule has 2 N–H and O–H groups in total. The van der Waals surface area contributed by atoms with Gasteiger partial charge in [0.1, 0.15) is 0 Å². The molecule has 3 atom stereocenters. The number of hydrogen-bond donors (Lipinski definition) is 2. The minimum atomic E-state index is 0. The number of hydrogen-bond acceptors (Lipinski definition) is 4. The first-order chi connectivity index (χ1) is 11.3. The van der Waals surface area contributed by atoms with E-state index in [0.717, 1.165) is 30.8 Å². The molecule has 0 aromatic heterocycles. The summed E-state index contributed by atoms with van der Waals surface area (Å²) in [7, 11) is 0. The monoisotopic (exact) mass is 471 g/mol. The van der Waals surface area contributed by atoms with Crippen LogP contribution in [-0.4, -0.2) is 62.0 Å². The Balaban J connectivity index is 0.00000288. The van der Waals surface area contributed by atoms with Gasteiger partial charge in [-0.15, -0.1) is 24.0 Å². The molecule has 0 spiro atoms. The van der Waals surface area contributed by atoms with Crippen LogP contribution < -0.4 is 10.6 Å². The number of thioether (sulfide) groups is 1. The lowest BCUT2D eigenvalue weighted by Gasteiger charge is -2.17. The molecule has 1 heterocycles. The zero-order valence-corrected chi connectivity index (χ0v) is 18.2. The second-order valence-corrected chi connectivity index (χ2v) is 7.78. The van der Waals surface area contributed by atoms with Crippen LogP contribution in [0.2, 0.25) is 0 Å². The fraction of sp³-hybridized carbons (Fsp3) is 0.941. The van der Waals surface area contributed by atoms with Crippen molar-refractivity contribution in [3.8, 4) is 0 Å². The van der Waals surface area contributed by atoms with Crippen molar-refractivity contribution in [1.82, 2.24) is 10.6 Å². The summed E-state index contributed by atoms with van der Waals surface area (Å²) in [6, 6.07) is 0.560. The van der Waals surface area contributed by atoms with E-state index < -0.39 is 0 Å².